The fraction of sp³-hybridized carbons (Fsp3) is 0.0429. The van der Waals surface area contributed by atoms with Crippen molar-refractivity contribution in [3.05, 3.63) is 532 Å². The smallest absolute Gasteiger partial charge is 0.238 e. The predicted octanol–water partition coefficient (Wildman–Crippen LogP) is 36.4. The summed E-state index contributed by atoms with van der Waals surface area (Å²) in [5, 5.41) is 9.03. The van der Waals surface area contributed by atoms with Crippen molar-refractivity contribution in [2.75, 3.05) is 9.80 Å². The van der Waals surface area contributed by atoms with Crippen molar-refractivity contribution in [2.45, 2.75) is 38.5 Å². The molecule has 0 saturated heterocycles. The van der Waals surface area contributed by atoms with Crippen molar-refractivity contribution >= 4 is 99.3 Å². The molecule has 22 aromatic carbocycles. The van der Waals surface area contributed by atoms with Gasteiger partial charge in [0.2, 0.25) is 11.9 Å². The summed E-state index contributed by atoms with van der Waals surface area (Å²) in [4.78, 5) is 37.0. The van der Waals surface area contributed by atoms with Gasteiger partial charge in [-0.1, -0.05) is 398 Å². The highest BCUT2D eigenvalue weighted by Crippen LogP contribution is 2.55. The molecule has 26 aromatic rings. The zero-order valence-electron chi connectivity index (χ0n) is 83.0. The standard InChI is InChI=1S/C140H96N10/c1-139(2)125-50-26-24-48-117(125)119-86-123-121-84-108(67-77-130(121)149(131(123)87-126(119)139)137-143-133(95-34-15-7-16-35-95)141-134(144-137)96-36-17-8-18-37-96)105-65-75-115-109(81-105)44-29-51-128(115)148(112-70-60-92(61-71-112)90-32-13-6-14-33-90)113-72-62-94(63-73-113)100-41-28-43-102(79-100)101-42-27-40-99(78-101)93-52-54-98(55-53-93)136-142-135(97-38-19-9-20-39-97)145-138(146-136)150-129-76-66-107(83-120(129)122-85-118-116-47-23-25-49-124(116)140(3,4)127(118)88-132(122)150)103-56-57-106-82-114(74-64-104(106)80-103)147(110-45-21-10-22-46-110)111-68-58-91(59-69-111)89-30-11-5-12-31-89/h5-88H,1-4H3. The highest BCUT2D eigenvalue weighted by atomic mass is 15.2. The zero-order chi connectivity index (χ0) is 99.8. The van der Waals surface area contributed by atoms with Gasteiger partial charge in [-0.15, -0.1) is 0 Å². The Balaban J connectivity index is 0.490. The van der Waals surface area contributed by atoms with E-state index in [1.54, 1.807) is 0 Å². The molecular weight excluding hydrogens is 1820 g/mol. The third-order valence-corrected chi connectivity index (χ3v) is 31.0. The van der Waals surface area contributed by atoms with Crippen molar-refractivity contribution < 1.29 is 0 Å². The topological polar surface area (TPSA) is 93.7 Å². The first-order chi connectivity index (χ1) is 73.8. The lowest BCUT2D eigenvalue weighted by atomic mass is 9.82. The number of para-hydroxylation sites is 1. The first kappa shape index (κ1) is 88.3. The van der Waals surface area contributed by atoms with Crippen LogP contribution in [0.2, 0.25) is 0 Å². The van der Waals surface area contributed by atoms with Crippen LogP contribution >= 0.6 is 0 Å². The van der Waals surface area contributed by atoms with Gasteiger partial charge in [-0.2, -0.15) is 19.9 Å². The van der Waals surface area contributed by atoms with E-state index in [1.807, 2.05) is 42.5 Å². The first-order valence-electron chi connectivity index (χ1n) is 51.4. The SMILES string of the molecule is CC1(C)c2ccccc2-c2cc3c4cc(-c5ccc6cc(N(c7ccccc7)c7ccc(-c8ccccc8)cc7)ccc6c5)ccc4n(-c4nc(-c5ccccc5)nc(-c5ccc(-c6cccc(-c7cccc(-c8ccc(N(c9ccc(-c%10ccccc%10)cc9)c9cccc%10cc(-c%11ccc%12c(c%11)c%11cc%13c(cc%11n%12-c%11nc(-c%12ccccc%12)nc(-c%12ccccc%12)n%11)C(C)(C)c%11ccccc%11-%13)ccc9%10)cc8)c7)c6)cc5)n4)c3cc21. The van der Waals surface area contributed by atoms with Gasteiger partial charge in [0.05, 0.1) is 27.8 Å². The summed E-state index contributed by atoms with van der Waals surface area (Å²) in [5.74, 6) is 3.49. The molecule has 0 radical (unpaired) electrons. The maximum Gasteiger partial charge on any atom is 0.238 e. The highest BCUT2D eigenvalue weighted by molar-refractivity contribution is 6.15. The second-order valence-electron chi connectivity index (χ2n) is 40.5. The minimum atomic E-state index is -0.269. The molecule has 0 unspecified atom stereocenters. The van der Waals surface area contributed by atoms with Gasteiger partial charge < -0.3 is 9.80 Å². The summed E-state index contributed by atoms with van der Waals surface area (Å²) in [7, 11) is 0. The summed E-state index contributed by atoms with van der Waals surface area (Å²) < 4.78 is 4.55. The molecule has 10 heteroatoms. The van der Waals surface area contributed by atoms with Gasteiger partial charge in [0.25, 0.3) is 0 Å². The Morgan fingerprint density at radius 1 is 0.167 bits per heavy atom. The van der Waals surface area contributed by atoms with Crippen molar-refractivity contribution in [1.29, 1.82) is 0 Å². The molecule has 28 rings (SSSR count). The summed E-state index contributed by atoms with van der Waals surface area (Å²) in [6.45, 7) is 9.39. The lowest BCUT2D eigenvalue weighted by molar-refractivity contribution is 0.660. The maximum atomic E-state index is 5.57. The van der Waals surface area contributed by atoms with E-state index in [4.69, 9.17) is 29.9 Å². The van der Waals surface area contributed by atoms with Crippen LogP contribution in [0.4, 0.5) is 34.1 Å². The number of benzene rings is 22. The van der Waals surface area contributed by atoms with E-state index < -0.39 is 0 Å². The Labute approximate surface area is 869 Å². The summed E-state index contributed by atoms with van der Waals surface area (Å²) in [6, 6.07) is 185. The molecule has 0 bridgehead atoms. The molecule has 0 atom stereocenters. The van der Waals surface area contributed by atoms with Gasteiger partial charge in [-0.25, -0.2) is 9.97 Å². The van der Waals surface area contributed by atoms with E-state index in [-0.39, 0.29) is 10.8 Å². The van der Waals surface area contributed by atoms with Crippen molar-refractivity contribution in [1.82, 2.24) is 39.0 Å². The van der Waals surface area contributed by atoms with E-state index in [9.17, 15) is 0 Å². The number of aromatic nitrogens is 8. The van der Waals surface area contributed by atoms with Crippen molar-refractivity contribution in [3.8, 4) is 158 Å². The van der Waals surface area contributed by atoms with Crippen LogP contribution in [-0.2, 0) is 10.8 Å². The minimum Gasteiger partial charge on any atom is -0.310 e. The van der Waals surface area contributed by atoms with Crippen molar-refractivity contribution in [2.24, 2.45) is 0 Å². The fourth-order valence-electron chi connectivity index (χ4n) is 23.3. The second-order valence-corrected chi connectivity index (χ2v) is 40.5. The predicted molar refractivity (Wildman–Crippen MR) is 621 cm³/mol. The summed E-state index contributed by atoms with van der Waals surface area (Å²) >= 11 is 0. The van der Waals surface area contributed by atoms with Crippen LogP contribution in [0, 0.1) is 0 Å². The Bertz CT molecular complexity index is 9780. The highest BCUT2D eigenvalue weighted by Gasteiger charge is 2.39. The first-order valence-corrected chi connectivity index (χ1v) is 51.4. The number of hydrogen-bond donors (Lipinski definition) is 0. The van der Waals surface area contributed by atoms with E-state index in [0.29, 0.717) is 35.2 Å². The molecule has 0 spiro atoms. The molecule has 10 nitrogen and oxygen atoms in total. The molecule has 0 fully saturated rings. The molecule has 706 valence electrons. The Morgan fingerprint density at radius 3 is 0.913 bits per heavy atom. The van der Waals surface area contributed by atoms with E-state index in [0.717, 1.165) is 183 Å². The van der Waals surface area contributed by atoms with Crippen LogP contribution in [0.1, 0.15) is 49.9 Å². The number of fused-ring (bicyclic) bond motifs is 14. The number of nitrogens with zero attached hydrogens (tertiary/aromatic N) is 10. The molecule has 2 aliphatic carbocycles. The van der Waals surface area contributed by atoms with Crippen LogP contribution in [0.15, 0.2) is 510 Å². The van der Waals surface area contributed by atoms with Crippen LogP contribution < -0.4 is 9.80 Å². The van der Waals surface area contributed by atoms with E-state index >= 15 is 0 Å². The molecule has 0 N–H and O–H groups in total. The third-order valence-electron chi connectivity index (χ3n) is 31.0. The fourth-order valence-corrected chi connectivity index (χ4v) is 23.3. The molecule has 4 aromatic heterocycles. The molecular formula is C140H96N10. The quantitative estimate of drug-likeness (QED) is 0.0790. The van der Waals surface area contributed by atoms with E-state index in [2.05, 4.69) is 514 Å². The molecule has 150 heavy (non-hydrogen) atoms. The van der Waals surface area contributed by atoms with Gasteiger partial charge in [-0.05, 0) is 278 Å². The van der Waals surface area contributed by atoms with Gasteiger partial charge >= 0.3 is 0 Å². The monoisotopic (exact) mass is 1920 g/mol. The largest absolute Gasteiger partial charge is 0.310 e. The summed E-state index contributed by atoms with van der Waals surface area (Å²) in [5.41, 5.74) is 39.6. The van der Waals surface area contributed by atoms with Gasteiger partial charge in [0.15, 0.2) is 23.3 Å². The molecule has 0 aliphatic heterocycles. The van der Waals surface area contributed by atoms with Crippen LogP contribution in [-0.4, -0.2) is 39.0 Å². The lowest BCUT2D eigenvalue weighted by Gasteiger charge is -2.27. The van der Waals surface area contributed by atoms with Gasteiger partial charge in [0.1, 0.15) is 0 Å². The van der Waals surface area contributed by atoms with Crippen LogP contribution in [0.5, 0.6) is 0 Å². The van der Waals surface area contributed by atoms with Gasteiger partial charge in [-0.3, -0.25) is 9.13 Å². The third kappa shape index (κ3) is 15.3. The Kier molecular flexibility index (Phi) is 21.1. The number of rotatable bonds is 19. The normalized spacial score (nSPS) is 12.6. The lowest BCUT2D eigenvalue weighted by Crippen LogP contribution is -2.15. The maximum absolute atomic E-state index is 5.57. The molecule has 4 heterocycles. The van der Waals surface area contributed by atoms with Crippen molar-refractivity contribution in [3.63, 3.8) is 0 Å². The van der Waals surface area contributed by atoms with Gasteiger partial charge in [0, 0.05) is 88.5 Å². The molecule has 0 saturated carbocycles. The average molecular weight is 1920 g/mol. The molecule has 0 amide bonds. The molecule has 2 aliphatic rings. The zero-order valence-corrected chi connectivity index (χ0v) is 83.0. The Morgan fingerprint density at radius 2 is 0.460 bits per heavy atom. The second kappa shape index (κ2) is 35.8. The Hall–Kier alpha value is -19.4. The van der Waals surface area contributed by atoms with Crippen LogP contribution in [0.3, 0.4) is 0 Å². The van der Waals surface area contributed by atoms with Crippen LogP contribution in [0.25, 0.3) is 223 Å². The minimum absolute atomic E-state index is 0.244. The number of hydrogen-bond acceptors (Lipinski definition) is 8. The van der Waals surface area contributed by atoms with E-state index in [1.165, 1.54) is 61.2 Å². The summed E-state index contributed by atoms with van der Waals surface area (Å²) in [6.07, 6.45) is 0. The number of anilines is 6. The average Bonchev–Trinajstić information content (AvgIpc) is 1.55.